The highest BCUT2D eigenvalue weighted by molar-refractivity contribution is 5.74. The smallest absolute Gasteiger partial charge is 0.466 e. The number of benzene rings is 1. The van der Waals surface area contributed by atoms with Gasteiger partial charge >= 0.3 is 18.5 Å². The van der Waals surface area contributed by atoms with Crippen molar-refractivity contribution in [3.8, 4) is 11.8 Å². The second-order valence-corrected chi connectivity index (χ2v) is 4.14. The standard InChI is InChI=1S/C13H9F6NO3/c1-2-22-11(21)5-7-4-10(23-13(17,18)19)9(12(14,15)16)3-8(7)6-20/h3-4H,2,5H2,1H3. The van der Waals surface area contributed by atoms with Gasteiger partial charge in [-0.3, -0.25) is 4.79 Å². The lowest BCUT2D eigenvalue weighted by atomic mass is 10.0. The number of hydrogen-bond donors (Lipinski definition) is 0. The molecule has 0 spiro atoms. The first-order chi connectivity index (χ1) is 10.5. The molecule has 0 bridgehead atoms. The fourth-order valence-electron chi connectivity index (χ4n) is 1.67. The number of carbonyl (C=O) groups excluding carboxylic acids is 1. The number of ether oxygens (including phenoxy) is 2. The van der Waals surface area contributed by atoms with Crippen LogP contribution in [0.4, 0.5) is 26.3 Å². The van der Waals surface area contributed by atoms with E-state index in [1.807, 2.05) is 0 Å². The van der Waals surface area contributed by atoms with Gasteiger partial charge in [0.05, 0.1) is 30.2 Å². The van der Waals surface area contributed by atoms with Crippen molar-refractivity contribution in [2.45, 2.75) is 25.9 Å². The Balaban J connectivity index is 3.40. The zero-order chi connectivity index (χ0) is 17.8. The van der Waals surface area contributed by atoms with Crippen LogP contribution in [-0.2, 0) is 22.1 Å². The van der Waals surface area contributed by atoms with E-state index in [0.29, 0.717) is 6.07 Å². The van der Waals surface area contributed by atoms with E-state index in [9.17, 15) is 31.1 Å². The van der Waals surface area contributed by atoms with Gasteiger partial charge in [0.1, 0.15) is 5.75 Å². The average molecular weight is 341 g/mol. The summed E-state index contributed by atoms with van der Waals surface area (Å²) in [6.45, 7) is 1.43. The predicted octanol–water partition coefficient (Wildman–Crippen LogP) is 3.58. The Hall–Kier alpha value is -2.44. The Morgan fingerprint density at radius 1 is 1.22 bits per heavy atom. The molecule has 0 aliphatic heterocycles. The molecule has 1 aromatic rings. The van der Waals surface area contributed by atoms with E-state index >= 15 is 0 Å². The van der Waals surface area contributed by atoms with Crippen molar-refractivity contribution in [3.05, 3.63) is 28.8 Å². The van der Waals surface area contributed by atoms with Crippen LogP contribution in [0.3, 0.4) is 0 Å². The van der Waals surface area contributed by atoms with Gasteiger partial charge in [-0.15, -0.1) is 13.2 Å². The molecule has 1 rings (SSSR count). The molecule has 1 aromatic carbocycles. The van der Waals surface area contributed by atoms with Gasteiger partial charge < -0.3 is 9.47 Å². The summed E-state index contributed by atoms with van der Waals surface area (Å²) >= 11 is 0. The highest BCUT2D eigenvalue weighted by Gasteiger charge is 2.40. The van der Waals surface area contributed by atoms with Gasteiger partial charge in [-0.1, -0.05) is 0 Å². The Bertz CT molecular complexity index is 630. The highest BCUT2D eigenvalue weighted by atomic mass is 19.4. The van der Waals surface area contributed by atoms with Crippen molar-refractivity contribution < 1.29 is 40.6 Å². The van der Waals surface area contributed by atoms with Crippen LogP contribution in [0.5, 0.6) is 5.75 Å². The zero-order valence-corrected chi connectivity index (χ0v) is 11.5. The molecule has 126 valence electrons. The van der Waals surface area contributed by atoms with Crippen LogP contribution in [0.25, 0.3) is 0 Å². The molecule has 23 heavy (non-hydrogen) atoms. The minimum atomic E-state index is -5.37. The molecule has 0 fully saturated rings. The molecule has 0 atom stereocenters. The number of carbonyl (C=O) groups is 1. The fraction of sp³-hybridized carbons (Fsp3) is 0.385. The Labute approximate surface area is 126 Å². The molecule has 0 unspecified atom stereocenters. The lowest BCUT2D eigenvalue weighted by molar-refractivity contribution is -0.276. The van der Waals surface area contributed by atoms with Gasteiger partial charge in [-0.25, -0.2) is 0 Å². The topological polar surface area (TPSA) is 59.3 Å². The Morgan fingerprint density at radius 2 is 1.83 bits per heavy atom. The summed E-state index contributed by atoms with van der Waals surface area (Å²) in [6.07, 6.45) is -11.2. The Morgan fingerprint density at radius 3 is 2.26 bits per heavy atom. The molecule has 0 saturated heterocycles. The van der Waals surface area contributed by atoms with Crippen LogP contribution < -0.4 is 4.74 Å². The van der Waals surface area contributed by atoms with Crippen molar-refractivity contribution in [2.75, 3.05) is 6.61 Å². The Kier molecular flexibility index (Phi) is 5.47. The summed E-state index contributed by atoms with van der Waals surface area (Å²) in [6, 6.07) is 1.97. The lowest BCUT2D eigenvalue weighted by Crippen LogP contribution is -2.21. The maximum absolute atomic E-state index is 12.8. The van der Waals surface area contributed by atoms with Crippen molar-refractivity contribution in [1.29, 1.82) is 5.26 Å². The van der Waals surface area contributed by atoms with E-state index in [0.717, 1.165) is 0 Å². The second kappa shape index (κ2) is 6.76. The van der Waals surface area contributed by atoms with Crippen molar-refractivity contribution in [3.63, 3.8) is 0 Å². The first-order valence-corrected chi connectivity index (χ1v) is 6.03. The predicted molar refractivity (Wildman–Crippen MR) is 63.2 cm³/mol. The van der Waals surface area contributed by atoms with Gasteiger partial charge in [0.15, 0.2) is 0 Å². The first kappa shape index (κ1) is 18.6. The molecule has 4 nitrogen and oxygen atoms in total. The van der Waals surface area contributed by atoms with Crippen LogP contribution in [-0.4, -0.2) is 18.9 Å². The van der Waals surface area contributed by atoms with E-state index < -0.39 is 41.8 Å². The number of nitrogens with zero attached hydrogens (tertiary/aromatic N) is 1. The van der Waals surface area contributed by atoms with Crippen LogP contribution in [0.1, 0.15) is 23.6 Å². The third-order valence-electron chi connectivity index (χ3n) is 2.50. The number of halogens is 6. The molecular formula is C13H9F6NO3. The number of rotatable bonds is 4. The van der Waals surface area contributed by atoms with E-state index in [4.69, 9.17) is 5.26 Å². The van der Waals surface area contributed by atoms with Crippen molar-refractivity contribution >= 4 is 5.97 Å². The average Bonchev–Trinajstić information content (AvgIpc) is 2.35. The molecule has 0 aromatic heterocycles. The summed E-state index contributed by atoms with van der Waals surface area (Å²) in [5, 5.41) is 8.84. The molecule has 0 heterocycles. The maximum Gasteiger partial charge on any atom is 0.573 e. The van der Waals surface area contributed by atoms with E-state index in [2.05, 4.69) is 9.47 Å². The summed E-state index contributed by atoms with van der Waals surface area (Å²) in [5.74, 6) is -2.44. The maximum atomic E-state index is 12.8. The van der Waals surface area contributed by atoms with Crippen LogP contribution >= 0.6 is 0 Å². The highest BCUT2D eigenvalue weighted by Crippen LogP contribution is 2.40. The van der Waals surface area contributed by atoms with Crippen LogP contribution in [0, 0.1) is 11.3 Å². The molecule has 10 heteroatoms. The molecular weight excluding hydrogens is 332 g/mol. The van der Waals surface area contributed by atoms with Gasteiger partial charge in [-0.2, -0.15) is 18.4 Å². The van der Waals surface area contributed by atoms with E-state index in [-0.39, 0.29) is 18.2 Å². The number of nitriles is 1. The number of alkyl halides is 6. The van der Waals surface area contributed by atoms with Gasteiger partial charge in [-0.05, 0) is 24.6 Å². The summed E-state index contributed by atoms with van der Waals surface area (Å²) in [7, 11) is 0. The van der Waals surface area contributed by atoms with Crippen LogP contribution in [0.2, 0.25) is 0 Å². The number of hydrogen-bond acceptors (Lipinski definition) is 4. The molecule has 0 radical (unpaired) electrons. The molecule has 0 N–H and O–H groups in total. The molecule has 0 amide bonds. The quantitative estimate of drug-likeness (QED) is 0.620. The van der Waals surface area contributed by atoms with Crippen molar-refractivity contribution in [2.24, 2.45) is 0 Å². The monoisotopic (exact) mass is 341 g/mol. The second-order valence-electron chi connectivity index (χ2n) is 4.14. The minimum Gasteiger partial charge on any atom is -0.466 e. The largest absolute Gasteiger partial charge is 0.573 e. The SMILES string of the molecule is CCOC(=O)Cc1cc(OC(F)(F)F)c(C(F)(F)F)cc1C#N. The summed E-state index contributed by atoms with van der Waals surface area (Å²) < 4.78 is 83.1. The number of esters is 1. The molecule has 0 aliphatic carbocycles. The summed E-state index contributed by atoms with van der Waals surface area (Å²) in [4.78, 5) is 11.3. The lowest BCUT2D eigenvalue weighted by Gasteiger charge is -2.17. The fourth-order valence-corrected chi connectivity index (χ4v) is 1.67. The zero-order valence-electron chi connectivity index (χ0n) is 11.5. The van der Waals surface area contributed by atoms with Gasteiger partial charge in [0.2, 0.25) is 0 Å². The normalized spacial score (nSPS) is 11.7. The van der Waals surface area contributed by atoms with Crippen LogP contribution in [0.15, 0.2) is 12.1 Å². The molecule has 0 saturated carbocycles. The van der Waals surface area contributed by atoms with E-state index in [1.165, 1.54) is 13.0 Å². The molecule has 0 aliphatic rings. The first-order valence-electron chi connectivity index (χ1n) is 6.03. The summed E-state index contributed by atoms with van der Waals surface area (Å²) in [5.41, 5.74) is -2.72. The van der Waals surface area contributed by atoms with Gasteiger partial charge in [0, 0.05) is 0 Å². The minimum absolute atomic E-state index is 0.0345. The van der Waals surface area contributed by atoms with Gasteiger partial charge in [0.25, 0.3) is 0 Å². The third-order valence-corrected chi connectivity index (χ3v) is 2.50. The van der Waals surface area contributed by atoms with E-state index in [1.54, 1.807) is 0 Å². The van der Waals surface area contributed by atoms with Crippen molar-refractivity contribution in [1.82, 2.24) is 0 Å². The third kappa shape index (κ3) is 5.36.